The van der Waals surface area contributed by atoms with Gasteiger partial charge in [-0.3, -0.25) is 9.78 Å². The molecule has 3 aliphatic rings. The van der Waals surface area contributed by atoms with E-state index in [0.717, 1.165) is 79.6 Å². The number of aromatic nitrogens is 1. The summed E-state index contributed by atoms with van der Waals surface area (Å²) in [4.78, 5) is 17.3. The van der Waals surface area contributed by atoms with E-state index in [1.807, 2.05) is 17.0 Å². The second-order valence-corrected chi connectivity index (χ2v) is 9.95. The summed E-state index contributed by atoms with van der Waals surface area (Å²) < 4.78 is 11.6. The van der Waals surface area contributed by atoms with Crippen LogP contribution in [0.15, 0.2) is 48.7 Å². The second-order valence-electron chi connectivity index (χ2n) is 9.57. The van der Waals surface area contributed by atoms with Crippen molar-refractivity contribution in [2.45, 2.75) is 57.2 Å². The smallest absolute Gasteiger partial charge is 0.209 e. The van der Waals surface area contributed by atoms with Crippen molar-refractivity contribution in [3.8, 4) is 16.9 Å². The molecule has 6 rings (SSSR count). The summed E-state index contributed by atoms with van der Waals surface area (Å²) in [5, 5.41) is 1.73. The van der Waals surface area contributed by atoms with Crippen molar-refractivity contribution in [3.63, 3.8) is 0 Å². The lowest BCUT2D eigenvalue weighted by Crippen LogP contribution is -2.49. The van der Waals surface area contributed by atoms with Crippen LogP contribution in [-0.2, 0) is 16.0 Å². The minimum absolute atomic E-state index is 0.126. The molecule has 1 atom stereocenters. The van der Waals surface area contributed by atoms with Crippen molar-refractivity contribution in [1.29, 1.82) is 0 Å². The molecule has 178 valence electrons. The summed E-state index contributed by atoms with van der Waals surface area (Å²) in [5.74, 6) is 0.963. The van der Waals surface area contributed by atoms with E-state index < -0.39 is 0 Å². The molecular formula is C28H31ClN2O3. The van der Waals surface area contributed by atoms with Crippen LogP contribution in [-0.4, -0.2) is 47.7 Å². The van der Waals surface area contributed by atoms with Gasteiger partial charge in [0.25, 0.3) is 0 Å². The van der Waals surface area contributed by atoms with Crippen LogP contribution in [0.5, 0.6) is 5.75 Å². The van der Waals surface area contributed by atoms with E-state index >= 15 is 0 Å². The molecule has 1 spiro atoms. The summed E-state index contributed by atoms with van der Waals surface area (Å²) in [7, 11) is 0. The maximum Gasteiger partial charge on any atom is 0.209 e. The highest BCUT2D eigenvalue weighted by Gasteiger charge is 2.39. The number of likely N-dealkylation sites (tertiary alicyclic amines) is 1. The first-order chi connectivity index (χ1) is 16.6. The molecule has 0 aliphatic carbocycles. The average molecular weight is 479 g/mol. The number of amides is 1. The van der Waals surface area contributed by atoms with Crippen LogP contribution < -0.4 is 4.74 Å². The lowest BCUT2D eigenvalue weighted by atomic mass is 9.83. The largest absolute Gasteiger partial charge is 0.487 e. The van der Waals surface area contributed by atoms with Gasteiger partial charge in [0, 0.05) is 49.7 Å². The van der Waals surface area contributed by atoms with E-state index in [1.165, 1.54) is 18.4 Å². The van der Waals surface area contributed by atoms with Crippen molar-refractivity contribution in [1.82, 2.24) is 9.88 Å². The molecule has 3 aliphatic heterocycles. The van der Waals surface area contributed by atoms with Gasteiger partial charge in [0.05, 0.1) is 16.6 Å². The Labute approximate surface area is 206 Å². The molecule has 2 aromatic carbocycles. The van der Waals surface area contributed by atoms with Gasteiger partial charge in [-0.1, -0.05) is 35.9 Å². The molecule has 6 heteroatoms. The number of hydrogen-bond acceptors (Lipinski definition) is 4. The Bertz CT molecular complexity index is 1170. The lowest BCUT2D eigenvalue weighted by Gasteiger charge is -2.43. The van der Waals surface area contributed by atoms with E-state index in [0.29, 0.717) is 11.1 Å². The molecule has 2 saturated heterocycles. The molecule has 0 bridgehead atoms. The fraction of sp³-hybridized carbons (Fsp3) is 0.429. The molecule has 1 aromatic heterocycles. The lowest BCUT2D eigenvalue weighted by molar-refractivity contribution is -0.121. The van der Waals surface area contributed by atoms with Crippen molar-refractivity contribution >= 4 is 28.9 Å². The standard InChI is InChI=1S/C23H21ClN2O2.C5H10O/c24-21-19(5-3-16-2-1-11-25-22(16)21)17-4-6-20-18(14-17)7-8-23(28-20)9-12-26(15-27)13-10-23;1-5-3-2-4-6-5/h1-6,11,14-15H,7-10,12-13H2;5H,2-4H2,1H3/t;5-/m.0/s1. The summed E-state index contributed by atoms with van der Waals surface area (Å²) >= 11 is 6.68. The van der Waals surface area contributed by atoms with Crippen LogP contribution in [0, 0.1) is 0 Å². The minimum Gasteiger partial charge on any atom is -0.487 e. The Morgan fingerprint density at radius 2 is 2.00 bits per heavy atom. The van der Waals surface area contributed by atoms with Gasteiger partial charge >= 0.3 is 0 Å². The molecule has 1 amide bonds. The van der Waals surface area contributed by atoms with Crippen LogP contribution in [0.4, 0.5) is 0 Å². The number of halogens is 1. The highest BCUT2D eigenvalue weighted by Crippen LogP contribution is 2.42. The van der Waals surface area contributed by atoms with Gasteiger partial charge in [-0.2, -0.15) is 0 Å². The maximum absolute atomic E-state index is 11.0. The molecule has 0 radical (unpaired) electrons. The summed E-state index contributed by atoms with van der Waals surface area (Å²) in [5.41, 5.74) is 4.01. The van der Waals surface area contributed by atoms with E-state index in [4.69, 9.17) is 21.1 Å². The number of nitrogens with zero attached hydrogens (tertiary/aromatic N) is 2. The number of pyridine rings is 1. The highest BCUT2D eigenvalue weighted by molar-refractivity contribution is 6.37. The normalized spacial score (nSPS) is 20.9. The highest BCUT2D eigenvalue weighted by atomic mass is 35.5. The monoisotopic (exact) mass is 478 g/mol. The van der Waals surface area contributed by atoms with Gasteiger partial charge in [-0.15, -0.1) is 0 Å². The van der Waals surface area contributed by atoms with Crippen LogP contribution in [0.2, 0.25) is 5.02 Å². The number of piperidine rings is 1. The van der Waals surface area contributed by atoms with Crippen molar-refractivity contribution in [2.24, 2.45) is 0 Å². The second kappa shape index (κ2) is 9.93. The molecule has 0 unspecified atom stereocenters. The van der Waals surface area contributed by atoms with Crippen molar-refractivity contribution in [3.05, 3.63) is 59.2 Å². The van der Waals surface area contributed by atoms with Crippen LogP contribution >= 0.6 is 11.6 Å². The first kappa shape index (κ1) is 23.1. The van der Waals surface area contributed by atoms with E-state index in [-0.39, 0.29) is 5.60 Å². The number of benzene rings is 2. The third kappa shape index (κ3) is 4.77. The average Bonchev–Trinajstić information content (AvgIpc) is 3.36. The quantitative estimate of drug-likeness (QED) is 0.420. The molecule has 0 N–H and O–H groups in total. The topological polar surface area (TPSA) is 51.7 Å². The third-order valence-electron chi connectivity index (χ3n) is 7.28. The number of rotatable bonds is 2. The summed E-state index contributed by atoms with van der Waals surface area (Å²) in [6.07, 6.45) is 9.55. The number of ether oxygens (including phenoxy) is 2. The summed E-state index contributed by atoms with van der Waals surface area (Å²) in [6, 6.07) is 14.4. The fourth-order valence-corrected chi connectivity index (χ4v) is 5.48. The number of fused-ring (bicyclic) bond motifs is 2. The van der Waals surface area contributed by atoms with Gasteiger partial charge in [-0.25, -0.2) is 0 Å². The van der Waals surface area contributed by atoms with Crippen LogP contribution in [0.25, 0.3) is 22.0 Å². The van der Waals surface area contributed by atoms with Gasteiger partial charge in [0.15, 0.2) is 0 Å². The Morgan fingerprint density at radius 1 is 1.15 bits per heavy atom. The molecule has 34 heavy (non-hydrogen) atoms. The minimum atomic E-state index is -0.126. The molecular weight excluding hydrogens is 448 g/mol. The van der Waals surface area contributed by atoms with E-state index in [1.54, 1.807) is 6.20 Å². The molecule has 5 nitrogen and oxygen atoms in total. The Morgan fingerprint density at radius 3 is 2.71 bits per heavy atom. The molecule has 3 aromatic rings. The zero-order chi connectivity index (χ0) is 23.5. The Hall–Kier alpha value is -2.63. The van der Waals surface area contributed by atoms with E-state index in [2.05, 4.69) is 42.2 Å². The first-order valence-corrected chi connectivity index (χ1v) is 12.6. The molecule has 4 heterocycles. The van der Waals surface area contributed by atoms with Gasteiger partial charge < -0.3 is 14.4 Å². The van der Waals surface area contributed by atoms with Gasteiger partial charge in [-0.05, 0) is 61.9 Å². The number of hydrogen-bond donors (Lipinski definition) is 0. The Balaban J connectivity index is 0.000000351. The van der Waals surface area contributed by atoms with Crippen molar-refractivity contribution < 1.29 is 14.3 Å². The number of carbonyl (C=O) groups is 1. The van der Waals surface area contributed by atoms with E-state index in [9.17, 15) is 4.79 Å². The predicted octanol–water partition coefficient (Wildman–Crippen LogP) is 6.06. The Kier molecular flexibility index (Phi) is 6.75. The third-order valence-corrected chi connectivity index (χ3v) is 7.66. The van der Waals surface area contributed by atoms with Crippen LogP contribution in [0.3, 0.4) is 0 Å². The van der Waals surface area contributed by atoms with Gasteiger partial charge in [0.2, 0.25) is 6.41 Å². The summed E-state index contributed by atoms with van der Waals surface area (Å²) in [6.45, 7) is 4.65. The zero-order valence-corrected chi connectivity index (χ0v) is 20.4. The molecule has 0 saturated carbocycles. The predicted molar refractivity (Wildman–Crippen MR) is 135 cm³/mol. The molecule has 2 fully saturated rings. The SMILES string of the molecule is C[C@H]1CCCO1.O=CN1CCC2(CCc3cc(-c4ccc5cccnc5c4Cl)ccc3O2)CC1. The number of carbonyl (C=O) groups excluding carboxylic acids is 1. The number of aryl methyl sites for hydroxylation is 1. The van der Waals surface area contributed by atoms with Crippen molar-refractivity contribution in [2.75, 3.05) is 19.7 Å². The van der Waals surface area contributed by atoms with Gasteiger partial charge in [0.1, 0.15) is 11.4 Å². The maximum atomic E-state index is 11.0. The van der Waals surface area contributed by atoms with Crippen LogP contribution in [0.1, 0.15) is 44.6 Å². The fourth-order valence-electron chi connectivity index (χ4n) is 5.15. The first-order valence-electron chi connectivity index (χ1n) is 12.2. The zero-order valence-electron chi connectivity index (χ0n) is 19.6.